The van der Waals surface area contributed by atoms with Gasteiger partial charge in [0.05, 0.1) is 5.69 Å². The Balaban J connectivity index is 2.47. The maximum atomic E-state index is 4.75. The first-order chi connectivity index (χ1) is 6.40. The van der Waals surface area contributed by atoms with Crippen molar-refractivity contribution in [3.63, 3.8) is 0 Å². The van der Waals surface area contributed by atoms with E-state index in [2.05, 4.69) is 20.1 Å². The molecule has 0 spiro atoms. The molecule has 2 aromatic rings. The summed E-state index contributed by atoms with van der Waals surface area (Å²) in [5.74, 6) is 0.656. The lowest BCUT2D eigenvalue weighted by Gasteiger charge is -1.97. The van der Waals surface area contributed by atoms with E-state index in [-0.39, 0.29) is 0 Å². The molecule has 6 heteroatoms. The lowest BCUT2D eigenvalue weighted by Crippen LogP contribution is -2.00. The Bertz CT molecular complexity index is 411. The monoisotopic (exact) mass is 191 g/mol. The summed E-state index contributed by atoms with van der Waals surface area (Å²) >= 11 is 4.75. The van der Waals surface area contributed by atoms with Gasteiger partial charge < -0.3 is 0 Å². The van der Waals surface area contributed by atoms with E-state index in [0.29, 0.717) is 11.5 Å². The normalized spacial score (nSPS) is 9.85. The van der Waals surface area contributed by atoms with Crippen LogP contribution in [0.15, 0.2) is 25.0 Å². The van der Waals surface area contributed by atoms with Gasteiger partial charge in [-0.15, -0.1) is 0 Å². The highest BCUT2D eigenvalue weighted by Crippen LogP contribution is 2.00. The van der Waals surface area contributed by atoms with Gasteiger partial charge in [0.1, 0.15) is 19.0 Å². The molecule has 0 N–H and O–H groups in total. The van der Waals surface area contributed by atoms with Gasteiger partial charge in [0.2, 0.25) is 0 Å². The minimum absolute atomic E-state index is 0.656. The molecule has 0 fully saturated rings. The third-order valence-electron chi connectivity index (χ3n) is 1.45. The Morgan fingerprint density at radius 1 is 1.31 bits per heavy atom. The van der Waals surface area contributed by atoms with Crippen molar-refractivity contribution in [2.45, 2.75) is 0 Å². The first kappa shape index (κ1) is 7.93. The fourth-order valence-electron chi connectivity index (χ4n) is 0.878. The van der Waals surface area contributed by atoms with Crippen molar-refractivity contribution in [3.05, 3.63) is 30.7 Å². The fraction of sp³-hybridized carbons (Fsp3) is 0. The topological polar surface area (TPSA) is 56.5 Å². The van der Waals surface area contributed by atoms with Crippen LogP contribution in [0, 0.1) is 0 Å². The number of thiocarbonyl (C=S) groups is 1. The van der Waals surface area contributed by atoms with E-state index in [1.807, 2.05) is 0 Å². The summed E-state index contributed by atoms with van der Waals surface area (Å²) in [6, 6.07) is 1.74. The third kappa shape index (κ3) is 1.57. The number of aromatic nitrogens is 5. The van der Waals surface area contributed by atoms with Crippen molar-refractivity contribution < 1.29 is 0 Å². The highest BCUT2D eigenvalue weighted by Gasteiger charge is 1.98. The van der Waals surface area contributed by atoms with Gasteiger partial charge >= 0.3 is 0 Å². The van der Waals surface area contributed by atoms with Crippen molar-refractivity contribution in [1.82, 2.24) is 24.7 Å². The fourth-order valence-corrected chi connectivity index (χ4v) is 1.01. The van der Waals surface area contributed by atoms with Crippen LogP contribution in [0.4, 0.5) is 0 Å². The van der Waals surface area contributed by atoms with E-state index in [0.717, 1.165) is 0 Å². The van der Waals surface area contributed by atoms with Crippen LogP contribution in [-0.4, -0.2) is 30.1 Å². The lowest BCUT2D eigenvalue weighted by atomic mass is 10.4. The van der Waals surface area contributed by atoms with Crippen molar-refractivity contribution in [1.29, 1.82) is 0 Å². The van der Waals surface area contributed by atoms with Gasteiger partial charge in [0, 0.05) is 11.4 Å². The average Bonchev–Trinajstić information content (AvgIpc) is 2.71. The van der Waals surface area contributed by atoms with Gasteiger partial charge in [-0.1, -0.05) is 12.2 Å². The van der Waals surface area contributed by atoms with Crippen molar-refractivity contribution in [2.24, 2.45) is 0 Å². The first-order valence-corrected chi connectivity index (χ1v) is 3.99. The van der Waals surface area contributed by atoms with Crippen molar-refractivity contribution in [3.8, 4) is 5.82 Å². The number of hydrogen-bond acceptors (Lipinski definition) is 5. The van der Waals surface area contributed by atoms with Gasteiger partial charge in [0.25, 0.3) is 0 Å². The van der Waals surface area contributed by atoms with Gasteiger partial charge in [-0.2, -0.15) is 5.10 Å². The van der Waals surface area contributed by atoms with Gasteiger partial charge in [-0.05, 0) is 0 Å². The van der Waals surface area contributed by atoms with Crippen molar-refractivity contribution in [2.75, 3.05) is 0 Å². The highest BCUT2D eigenvalue weighted by molar-refractivity contribution is 7.79. The summed E-state index contributed by atoms with van der Waals surface area (Å²) < 4.78 is 1.55. The standard InChI is InChI=1S/C7H5N5S/c13-2-6-1-7(10-4-9-6)12-5-8-3-11-12/h1-5H. The Labute approximate surface area is 79.5 Å². The van der Waals surface area contributed by atoms with E-state index in [1.165, 1.54) is 18.0 Å². The summed E-state index contributed by atoms with van der Waals surface area (Å²) in [4.78, 5) is 11.8. The predicted octanol–water partition coefficient (Wildman–Crippen LogP) is 0.405. The molecule has 5 nitrogen and oxygen atoms in total. The summed E-state index contributed by atoms with van der Waals surface area (Å²) in [5, 5.41) is 5.42. The Kier molecular flexibility index (Phi) is 2.05. The summed E-state index contributed by atoms with van der Waals surface area (Å²) in [7, 11) is 0. The molecule has 0 unspecified atom stereocenters. The van der Waals surface area contributed by atoms with Gasteiger partial charge in [-0.3, -0.25) is 0 Å². The zero-order chi connectivity index (χ0) is 9.10. The quantitative estimate of drug-likeness (QED) is 0.643. The van der Waals surface area contributed by atoms with Crippen LogP contribution >= 0.6 is 12.2 Å². The van der Waals surface area contributed by atoms with Crippen LogP contribution in [0.3, 0.4) is 0 Å². The third-order valence-corrected chi connectivity index (χ3v) is 1.69. The maximum absolute atomic E-state index is 4.75. The SMILES string of the molecule is S=Cc1cc(-n2cncn2)ncn1. The molecule has 0 aliphatic heterocycles. The molecule has 2 aromatic heterocycles. The molecule has 0 saturated carbocycles. The minimum Gasteiger partial charge on any atom is -0.236 e. The van der Waals surface area contributed by atoms with Crippen LogP contribution in [0.2, 0.25) is 0 Å². The molecule has 0 amide bonds. The lowest BCUT2D eigenvalue weighted by molar-refractivity contribution is 0.837. The summed E-state index contributed by atoms with van der Waals surface area (Å²) in [6.07, 6.45) is 4.45. The molecule has 0 aromatic carbocycles. The summed E-state index contributed by atoms with van der Waals surface area (Å²) in [5.41, 5.74) is 0.690. The van der Waals surface area contributed by atoms with Crippen LogP contribution < -0.4 is 0 Å². The van der Waals surface area contributed by atoms with Crippen molar-refractivity contribution >= 4 is 17.6 Å². The number of hydrogen-bond donors (Lipinski definition) is 0. The molecule has 0 saturated heterocycles. The molecule has 64 valence electrons. The van der Waals surface area contributed by atoms with E-state index < -0.39 is 0 Å². The first-order valence-electron chi connectivity index (χ1n) is 3.52. The zero-order valence-electron chi connectivity index (χ0n) is 6.53. The Morgan fingerprint density at radius 2 is 2.23 bits per heavy atom. The van der Waals surface area contributed by atoms with Crippen LogP contribution in [-0.2, 0) is 0 Å². The molecule has 2 heterocycles. The molecule has 0 aliphatic carbocycles. The minimum atomic E-state index is 0.656. The second-order valence-corrected chi connectivity index (χ2v) is 2.49. The molecule has 0 atom stereocenters. The Morgan fingerprint density at radius 3 is 2.92 bits per heavy atom. The van der Waals surface area contributed by atoms with Crippen LogP contribution in [0.25, 0.3) is 5.82 Å². The second-order valence-electron chi connectivity index (χ2n) is 2.26. The molecule has 0 radical (unpaired) electrons. The smallest absolute Gasteiger partial charge is 0.159 e. The molecule has 13 heavy (non-hydrogen) atoms. The average molecular weight is 191 g/mol. The summed E-state index contributed by atoms with van der Waals surface area (Å²) in [6.45, 7) is 0. The maximum Gasteiger partial charge on any atom is 0.159 e. The van der Waals surface area contributed by atoms with E-state index in [1.54, 1.807) is 17.1 Å². The number of rotatable bonds is 2. The second kappa shape index (κ2) is 3.36. The zero-order valence-corrected chi connectivity index (χ0v) is 7.35. The van der Waals surface area contributed by atoms with E-state index >= 15 is 0 Å². The Hall–Kier alpha value is -1.69. The van der Waals surface area contributed by atoms with E-state index in [4.69, 9.17) is 12.2 Å². The van der Waals surface area contributed by atoms with Crippen LogP contribution in [0.1, 0.15) is 5.69 Å². The predicted molar refractivity (Wildman–Crippen MR) is 49.7 cm³/mol. The highest BCUT2D eigenvalue weighted by atomic mass is 32.1. The van der Waals surface area contributed by atoms with Gasteiger partial charge in [0.15, 0.2) is 5.82 Å². The molecule has 2 rings (SSSR count). The largest absolute Gasteiger partial charge is 0.236 e. The van der Waals surface area contributed by atoms with Crippen LogP contribution in [0.5, 0.6) is 0 Å². The number of nitrogens with zero attached hydrogens (tertiary/aromatic N) is 5. The molecule has 0 aliphatic rings. The van der Waals surface area contributed by atoms with Gasteiger partial charge in [-0.25, -0.2) is 19.6 Å². The molecular formula is C7H5N5S. The van der Waals surface area contributed by atoms with E-state index in [9.17, 15) is 0 Å². The molecular weight excluding hydrogens is 186 g/mol. The molecule has 0 bridgehead atoms.